The molecule has 25 heavy (non-hydrogen) atoms. The zero-order valence-corrected chi connectivity index (χ0v) is 16.4. The Kier molecular flexibility index (Phi) is 5.09. The topological polar surface area (TPSA) is 40.6 Å². The van der Waals surface area contributed by atoms with Crippen LogP contribution in [0.5, 0.6) is 0 Å². The first-order valence-corrected chi connectivity index (χ1v) is 10.2. The van der Waals surface area contributed by atoms with E-state index in [0.29, 0.717) is 36.1 Å². The van der Waals surface area contributed by atoms with Gasteiger partial charge in [0.25, 0.3) is 0 Å². The number of nitrogens with zero attached hydrogens (tertiary/aromatic N) is 2. The largest absolute Gasteiger partial charge is 0.369 e. The molecule has 1 heterocycles. The van der Waals surface area contributed by atoms with Crippen molar-refractivity contribution < 1.29 is 8.42 Å². The Balaban J connectivity index is 1.78. The molecule has 6 heteroatoms. The Hall–Kier alpha value is -1.56. The average molecular weight is 379 g/mol. The van der Waals surface area contributed by atoms with Crippen molar-refractivity contribution in [3.63, 3.8) is 0 Å². The monoisotopic (exact) mass is 378 g/mol. The first-order chi connectivity index (χ1) is 11.8. The summed E-state index contributed by atoms with van der Waals surface area (Å²) in [5.41, 5.74) is 4.09. The Bertz CT molecular complexity index is 888. The van der Waals surface area contributed by atoms with Crippen molar-refractivity contribution in [3.8, 4) is 0 Å². The van der Waals surface area contributed by atoms with Crippen molar-refractivity contribution in [3.05, 3.63) is 58.1 Å². The third-order valence-corrected chi connectivity index (χ3v) is 6.99. The molecule has 1 saturated heterocycles. The SMILES string of the molecule is Cc1ccc(S(=O)(=O)N2CCN(c3cc(Cl)ccc3C)CC2)c(C)c1. The van der Waals surface area contributed by atoms with Gasteiger partial charge in [0.05, 0.1) is 4.90 Å². The highest BCUT2D eigenvalue weighted by Crippen LogP contribution is 2.27. The Labute approximate surface area is 155 Å². The Morgan fingerprint density at radius 1 is 0.880 bits per heavy atom. The number of hydrogen-bond donors (Lipinski definition) is 0. The summed E-state index contributed by atoms with van der Waals surface area (Å²) in [6, 6.07) is 11.3. The predicted octanol–water partition coefficient (Wildman–Crippen LogP) is 3.78. The maximum Gasteiger partial charge on any atom is 0.243 e. The van der Waals surface area contributed by atoms with Crippen molar-refractivity contribution in [2.24, 2.45) is 0 Å². The third kappa shape index (κ3) is 3.68. The lowest BCUT2D eigenvalue weighted by Gasteiger charge is -2.36. The van der Waals surface area contributed by atoms with Gasteiger partial charge < -0.3 is 4.90 Å². The van der Waals surface area contributed by atoms with Gasteiger partial charge in [-0.3, -0.25) is 0 Å². The number of halogens is 1. The molecule has 4 nitrogen and oxygen atoms in total. The first kappa shape index (κ1) is 18.2. The predicted molar refractivity (Wildman–Crippen MR) is 103 cm³/mol. The smallest absolute Gasteiger partial charge is 0.243 e. The summed E-state index contributed by atoms with van der Waals surface area (Å²) in [6.07, 6.45) is 0. The Morgan fingerprint density at radius 3 is 2.20 bits per heavy atom. The van der Waals surface area contributed by atoms with Crippen LogP contribution in [0.1, 0.15) is 16.7 Å². The van der Waals surface area contributed by atoms with Crippen molar-refractivity contribution in [2.75, 3.05) is 31.1 Å². The van der Waals surface area contributed by atoms with Crippen molar-refractivity contribution in [1.29, 1.82) is 0 Å². The molecule has 0 bridgehead atoms. The fraction of sp³-hybridized carbons (Fsp3) is 0.368. The second-order valence-corrected chi connectivity index (χ2v) is 8.93. The molecular formula is C19H23ClN2O2S. The van der Waals surface area contributed by atoms with Crippen LogP contribution in [-0.2, 0) is 10.0 Å². The van der Waals surface area contributed by atoms with Crippen LogP contribution in [0.3, 0.4) is 0 Å². The number of anilines is 1. The molecule has 0 radical (unpaired) electrons. The van der Waals surface area contributed by atoms with Gasteiger partial charge in [0.2, 0.25) is 10.0 Å². The summed E-state index contributed by atoms with van der Waals surface area (Å²) in [7, 11) is -3.45. The molecule has 0 saturated carbocycles. The second-order valence-electron chi connectivity index (χ2n) is 6.59. The Morgan fingerprint density at radius 2 is 1.56 bits per heavy atom. The molecule has 0 N–H and O–H groups in total. The summed E-state index contributed by atoms with van der Waals surface area (Å²) in [6.45, 7) is 8.13. The lowest BCUT2D eigenvalue weighted by molar-refractivity contribution is 0.384. The second kappa shape index (κ2) is 6.98. The van der Waals surface area contributed by atoms with Crippen molar-refractivity contribution >= 4 is 27.3 Å². The molecule has 134 valence electrons. The van der Waals surface area contributed by atoms with E-state index in [1.807, 2.05) is 51.1 Å². The fourth-order valence-electron chi connectivity index (χ4n) is 3.32. The van der Waals surface area contributed by atoms with E-state index in [-0.39, 0.29) is 0 Å². The van der Waals surface area contributed by atoms with Gasteiger partial charge in [-0.2, -0.15) is 4.31 Å². The molecule has 2 aromatic carbocycles. The van der Waals surface area contributed by atoms with Crippen molar-refractivity contribution in [2.45, 2.75) is 25.7 Å². The summed E-state index contributed by atoms with van der Waals surface area (Å²) in [5.74, 6) is 0. The van der Waals surface area contributed by atoms with Crippen LogP contribution in [0.2, 0.25) is 5.02 Å². The minimum atomic E-state index is -3.45. The van der Waals surface area contributed by atoms with Crippen LogP contribution in [0, 0.1) is 20.8 Å². The molecular weight excluding hydrogens is 356 g/mol. The van der Waals surface area contributed by atoms with Gasteiger partial charge in [-0.05, 0) is 50.1 Å². The van der Waals surface area contributed by atoms with E-state index in [2.05, 4.69) is 4.90 Å². The minimum Gasteiger partial charge on any atom is -0.369 e. The minimum absolute atomic E-state index is 0.408. The maximum atomic E-state index is 13.0. The molecule has 0 unspecified atom stereocenters. The van der Waals surface area contributed by atoms with E-state index in [4.69, 9.17) is 11.6 Å². The zero-order chi connectivity index (χ0) is 18.2. The molecule has 0 aliphatic carbocycles. The molecule has 2 aromatic rings. The molecule has 0 aromatic heterocycles. The van der Waals surface area contributed by atoms with Gasteiger partial charge in [0, 0.05) is 36.9 Å². The van der Waals surface area contributed by atoms with E-state index in [0.717, 1.165) is 22.4 Å². The van der Waals surface area contributed by atoms with E-state index >= 15 is 0 Å². The van der Waals surface area contributed by atoms with Gasteiger partial charge in [-0.15, -0.1) is 0 Å². The lowest BCUT2D eigenvalue weighted by Crippen LogP contribution is -2.49. The molecule has 1 aliphatic heterocycles. The van der Waals surface area contributed by atoms with E-state index in [1.54, 1.807) is 10.4 Å². The van der Waals surface area contributed by atoms with E-state index in [9.17, 15) is 8.42 Å². The molecule has 0 atom stereocenters. The number of piperazine rings is 1. The first-order valence-electron chi connectivity index (χ1n) is 8.37. The van der Waals surface area contributed by atoms with Crippen LogP contribution in [-0.4, -0.2) is 38.9 Å². The zero-order valence-electron chi connectivity index (χ0n) is 14.8. The normalized spacial score (nSPS) is 16.2. The number of hydrogen-bond acceptors (Lipinski definition) is 3. The van der Waals surface area contributed by atoms with Gasteiger partial charge in [0.1, 0.15) is 0 Å². The summed E-state index contributed by atoms with van der Waals surface area (Å²) >= 11 is 6.11. The number of aryl methyl sites for hydroxylation is 3. The summed E-state index contributed by atoms with van der Waals surface area (Å²) < 4.78 is 27.5. The highest BCUT2D eigenvalue weighted by atomic mass is 35.5. The van der Waals surface area contributed by atoms with Crippen LogP contribution < -0.4 is 4.90 Å². The van der Waals surface area contributed by atoms with E-state index in [1.165, 1.54) is 0 Å². The van der Waals surface area contributed by atoms with Crippen LogP contribution >= 0.6 is 11.6 Å². The van der Waals surface area contributed by atoms with Crippen LogP contribution in [0.25, 0.3) is 0 Å². The molecule has 3 rings (SSSR count). The summed E-state index contributed by atoms with van der Waals surface area (Å²) in [5, 5.41) is 0.700. The van der Waals surface area contributed by atoms with Crippen molar-refractivity contribution in [1.82, 2.24) is 4.31 Å². The number of rotatable bonds is 3. The molecule has 1 aliphatic rings. The van der Waals surface area contributed by atoms with Gasteiger partial charge in [0.15, 0.2) is 0 Å². The standard InChI is InChI=1S/C19H23ClN2O2S/c1-14-4-7-19(16(3)12-14)25(23,24)22-10-8-21(9-11-22)18-13-17(20)6-5-15(18)2/h4-7,12-13H,8-11H2,1-3H3. The quantitative estimate of drug-likeness (QED) is 0.816. The fourth-order valence-corrected chi connectivity index (χ4v) is 5.11. The summed E-state index contributed by atoms with van der Waals surface area (Å²) in [4.78, 5) is 2.61. The van der Waals surface area contributed by atoms with Crippen LogP contribution in [0.4, 0.5) is 5.69 Å². The lowest BCUT2D eigenvalue weighted by atomic mass is 10.1. The number of sulfonamides is 1. The average Bonchev–Trinajstić information content (AvgIpc) is 2.57. The maximum absolute atomic E-state index is 13.0. The third-order valence-electron chi connectivity index (χ3n) is 4.70. The van der Waals surface area contributed by atoms with E-state index < -0.39 is 10.0 Å². The molecule has 1 fully saturated rings. The van der Waals surface area contributed by atoms with Crippen LogP contribution in [0.15, 0.2) is 41.3 Å². The molecule has 0 amide bonds. The number of benzene rings is 2. The highest BCUT2D eigenvalue weighted by molar-refractivity contribution is 7.89. The molecule has 0 spiro atoms. The highest BCUT2D eigenvalue weighted by Gasteiger charge is 2.30. The van der Waals surface area contributed by atoms with Gasteiger partial charge >= 0.3 is 0 Å². The van der Waals surface area contributed by atoms with Gasteiger partial charge in [-0.1, -0.05) is 35.4 Å². The van der Waals surface area contributed by atoms with Gasteiger partial charge in [-0.25, -0.2) is 8.42 Å².